The van der Waals surface area contributed by atoms with Gasteiger partial charge >= 0.3 is 0 Å². The third kappa shape index (κ3) is 5.55. The van der Waals surface area contributed by atoms with Gasteiger partial charge in [-0.05, 0) is 30.3 Å². The van der Waals surface area contributed by atoms with Crippen LogP contribution in [0.25, 0.3) is 0 Å². The van der Waals surface area contributed by atoms with E-state index >= 15 is 0 Å². The van der Waals surface area contributed by atoms with Gasteiger partial charge in [-0.2, -0.15) is 10.1 Å². The van der Waals surface area contributed by atoms with E-state index in [2.05, 4.69) is 25.8 Å². The van der Waals surface area contributed by atoms with Crippen molar-refractivity contribution >= 4 is 35.3 Å². The molecular formula is C17H23N7OS. The van der Waals surface area contributed by atoms with Gasteiger partial charge in [-0.15, -0.1) is 0 Å². The number of anilines is 2. The number of benzene rings is 1. The molecule has 1 heterocycles. The lowest BCUT2D eigenvalue weighted by atomic mass is 10.1. The lowest BCUT2D eigenvalue weighted by Crippen LogP contribution is -2.24. The summed E-state index contributed by atoms with van der Waals surface area (Å²) in [5.41, 5.74) is 9.74. The average molecular weight is 373 g/mol. The number of hydrogen-bond acceptors (Lipinski definition) is 7. The third-order valence-electron chi connectivity index (χ3n) is 3.47. The number of nitrogens with one attached hydrogen (secondary N) is 2. The summed E-state index contributed by atoms with van der Waals surface area (Å²) in [5, 5.41) is 7.29. The highest BCUT2D eigenvalue weighted by atomic mass is 32.1. The number of para-hydroxylation sites is 1. The maximum atomic E-state index is 5.36. The highest BCUT2D eigenvalue weighted by Crippen LogP contribution is 2.18. The molecule has 0 aliphatic heterocycles. The standard InChI is InChI=1S/C17H23N7OS/c1-24(2)15-13(11-21-23-16(18)26)10-20-17(22-15)19-9-8-12-6-4-5-7-14(12)25-3/h4-7,10-11H,8-9H2,1-3H3,(H3,18,23,26)(H,19,20,22)/b21-11+. The van der Waals surface area contributed by atoms with E-state index < -0.39 is 0 Å². The highest BCUT2D eigenvalue weighted by Gasteiger charge is 2.08. The minimum Gasteiger partial charge on any atom is -0.496 e. The van der Waals surface area contributed by atoms with Crippen molar-refractivity contribution in [2.45, 2.75) is 6.42 Å². The first-order chi connectivity index (χ1) is 12.5. The molecule has 26 heavy (non-hydrogen) atoms. The van der Waals surface area contributed by atoms with Gasteiger partial charge in [0.05, 0.1) is 18.9 Å². The molecule has 1 aromatic heterocycles. The number of nitrogens with two attached hydrogens (primary N) is 1. The van der Waals surface area contributed by atoms with Crippen molar-refractivity contribution in [3.05, 3.63) is 41.6 Å². The highest BCUT2D eigenvalue weighted by molar-refractivity contribution is 7.80. The minimum absolute atomic E-state index is 0.100. The zero-order chi connectivity index (χ0) is 18.9. The Hall–Kier alpha value is -2.94. The maximum Gasteiger partial charge on any atom is 0.224 e. The molecule has 0 spiro atoms. The maximum absolute atomic E-state index is 5.36. The molecule has 4 N–H and O–H groups in total. The van der Waals surface area contributed by atoms with E-state index in [9.17, 15) is 0 Å². The van der Waals surface area contributed by atoms with Crippen molar-refractivity contribution in [1.29, 1.82) is 0 Å². The second-order valence-electron chi connectivity index (χ2n) is 5.59. The van der Waals surface area contributed by atoms with Gasteiger partial charge in [0, 0.05) is 26.8 Å². The van der Waals surface area contributed by atoms with Crippen LogP contribution in [0, 0.1) is 0 Å². The van der Waals surface area contributed by atoms with Crippen LogP contribution in [0.1, 0.15) is 11.1 Å². The Morgan fingerprint density at radius 3 is 2.85 bits per heavy atom. The summed E-state index contributed by atoms with van der Waals surface area (Å²) in [4.78, 5) is 10.7. The van der Waals surface area contributed by atoms with Crippen molar-refractivity contribution in [2.24, 2.45) is 10.8 Å². The molecule has 0 saturated carbocycles. The number of methoxy groups -OCH3 is 1. The van der Waals surface area contributed by atoms with Crippen molar-refractivity contribution in [3.8, 4) is 5.75 Å². The van der Waals surface area contributed by atoms with Crippen LogP contribution in [0.3, 0.4) is 0 Å². The fourth-order valence-electron chi connectivity index (χ4n) is 2.30. The van der Waals surface area contributed by atoms with Crippen LogP contribution >= 0.6 is 12.2 Å². The smallest absolute Gasteiger partial charge is 0.224 e. The largest absolute Gasteiger partial charge is 0.496 e. The summed E-state index contributed by atoms with van der Waals surface area (Å²) in [6.45, 7) is 0.684. The first kappa shape index (κ1) is 19.4. The van der Waals surface area contributed by atoms with E-state index in [1.165, 1.54) is 0 Å². The predicted octanol–water partition coefficient (Wildman–Crippen LogP) is 1.37. The molecule has 138 valence electrons. The molecule has 0 radical (unpaired) electrons. The monoisotopic (exact) mass is 373 g/mol. The van der Waals surface area contributed by atoms with Crippen LogP contribution < -0.4 is 26.1 Å². The predicted molar refractivity (Wildman–Crippen MR) is 109 cm³/mol. The van der Waals surface area contributed by atoms with Crippen molar-refractivity contribution < 1.29 is 4.74 Å². The molecule has 0 bridgehead atoms. The Bertz CT molecular complexity index is 779. The molecule has 2 aromatic rings. The molecule has 0 saturated heterocycles. The van der Waals surface area contributed by atoms with Crippen LogP contribution in [-0.2, 0) is 6.42 Å². The number of rotatable bonds is 8. The molecule has 1 aromatic carbocycles. The number of ether oxygens (including phenoxy) is 1. The van der Waals surface area contributed by atoms with Crippen LogP contribution in [0.4, 0.5) is 11.8 Å². The fraction of sp³-hybridized carbons (Fsp3) is 0.294. The summed E-state index contributed by atoms with van der Waals surface area (Å²) in [6.07, 6.45) is 4.07. The van der Waals surface area contributed by atoms with Gasteiger partial charge in [-0.3, -0.25) is 5.43 Å². The van der Waals surface area contributed by atoms with E-state index in [4.69, 9.17) is 22.7 Å². The molecule has 0 atom stereocenters. The van der Waals surface area contributed by atoms with E-state index in [1.807, 2.05) is 43.3 Å². The fourth-order valence-corrected chi connectivity index (χ4v) is 2.35. The summed E-state index contributed by atoms with van der Waals surface area (Å²) >= 11 is 4.71. The first-order valence-corrected chi connectivity index (χ1v) is 8.40. The van der Waals surface area contributed by atoms with Gasteiger partial charge in [-0.25, -0.2) is 4.98 Å². The lowest BCUT2D eigenvalue weighted by molar-refractivity contribution is 0.410. The van der Waals surface area contributed by atoms with Crippen LogP contribution in [-0.4, -0.2) is 49.0 Å². The van der Waals surface area contributed by atoms with E-state index in [0.29, 0.717) is 12.5 Å². The molecule has 2 rings (SSSR count). The Kier molecular flexibility index (Phi) is 7.10. The summed E-state index contributed by atoms with van der Waals surface area (Å²) in [5.74, 6) is 2.15. The normalized spacial score (nSPS) is 10.6. The minimum atomic E-state index is 0.100. The van der Waals surface area contributed by atoms with E-state index in [-0.39, 0.29) is 5.11 Å². The Labute approximate surface area is 158 Å². The molecule has 0 aliphatic carbocycles. The molecule has 9 heteroatoms. The lowest BCUT2D eigenvalue weighted by Gasteiger charge is -2.15. The zero-order valence-electron chi connectivity index (χ0n) is 15.1. The topological polar surface area (TPSA) is 101 Å². The summed E-state index contributed by atoms with van der Waals surface area (Å²) < 4.78 is 5.36. The third-order valence-corrected chi connectivity index (χ3v) is 3.56. The van der Waals surface area contributed by atoms with Crippen molar-refractivity contribution in [1.82, 2.24) is 15.4 Å². The second kappa shape index (κ2) is 9.52. The molecule has 0 unspecified atom stereocenters. The SMILES string of the molecule is COc1ccccc1CCNc1ncc(/C=N/NC(N)=S)c(N(C)C)n1. The van der Waals surface area contributed by atoms with Crippen molar-refractivity contribution in [3.63, 3.8) is 0 Å². The molecule has 0 aliphatic rings. The van der Waals surface area contributed by atoms with Crippen LogP contribution in [0.2, 0.25) is 0 Å². The Morgan fingerprint density at radius 2 is 2.15 bits per heavy atom. The number of hydrogen-bond donors (Lipinski definition) is 3. The summed E-state index contributed by atoms with van der Waals surface area (Å²) in [6, 6.07) is 7.94. The quantitative estimate of drug-likeness (QED) is 0.362. The summed E-state index contributed by atoms with van der Waals surface area (Å²) in [7, 11) is 5.48. The number of nitrogens with zero attached hydrogens (tertiary/aromatic N) is 4. The number of aromatic nitrogens is 2. The van der Waals surface area contributed by atoms with Gasteiger partial charge in [-0.1, -0.05) is 18.2 Å². The number of hydrazone groups is 1. The van der Waals surface area contributed by atoms with Gasteiger partial charge in [0.15, 0.2) is 5.11 Å². The molecular weight excluding hydrogens is 350 g/mol. The Balaban J connectivity index is 2.04. The van der Waals surface area contributed by atoms with Gasteiger partial charge in [0.1, 0.15) is 11.6 Å². The van der Waals surface area contributed by atoms with Crippen LogP contribution in [0.15, 0.2) is 35.6 Å². The van der Waals surface area contributed by atoms with Gasteiger partial charge in [0.2, 0.25) is 5.95 Å². The second-order valence-corrected chi connectivity index (χ2v) is 6.03. The Morgan fingerprint density at radius 1 is 1.38 bits per heavy atom. The molecule has 8 nitrogen and oxygen atoms in total. The average Bonchev–Trinajstić information content (AvgIpc) is 2.62. The van der Waals surface area contributed by atoms with Gasteiger partial charge < -0.3 is 20.7 Å². The molecule has 0 fully saturated rings. The zero-order valence-corrected chi connectivity index (χ0v) is 15.9. The first-order valence-electron chi connectivity index (χ1n) is 8.00. The van der Waals surface area contributed by atoms with E-state index in [0.717, 1.165) is 29.1 Å². The number of thiocarbonyl (C=S) groups is 1. The van der Waals surface area contributed by atoms with Crippen LogP contribution in [0.5, 0.6) is 5.75 Å². The van der Waals surface area contributed by atoms with E-state index in [1.54, 1.807) is 19.5 Å². The molecule has 0 amide bonds. The van der Waals surface area contributed by atoms with Crippen molar-refractivity contribution in [2.75, 3.05) is 38.0 Å². The van der Waals surface area contributed by atoms with Gasteiger partial charge in [0.25, 0.3) is 0 Å².